The molecule has 4 aromatic heterocycles. The minimum atomic E-state index is 0.922. The SMILES string of the molecule is c1ccc(-n2c3c(-c4ccc5c(c4)c4ccc6c7ccccc7n7c8cccc5c8c4c67)cccc3n3c4ccccc4nc23)cc1. The van der Waals surface area contributed by atoms with E-state index in [1.165, 1.54) is 70.8 Å². The summed E-state index contributed by atoms with van der Waals surface area (Å²) in [6.45, 7) is 0. The van der Waals surface area contributed by atoms with Crippen molar-refractivity contribution < 1.29 is 0 Å². The van der Waals surface area contributed by atoms with E-state index < -0.39 is 0 Å². The number of nitrogens with zero attached hydrogens (tertiary/aromatic N) is 4. The van der Waals surface area contributed by atoms with Crippen LogP contribution in [0.3, 0.4) is 0 Å². The molecule has 0 aliphatic heterocycles. The summed E-state index contributed by atoms with van der Waals surface area (Å²) >= 11 is 0. The molecule has 0 saturated carbocycles. The second-order valence-corrected chi connectivity index (χ2v) is 12.8. The zero-order valence-corrected chi connectivity index (χ0v) is 25.1. The molecule has 0 radical (unpaired) electrons. The van der Waals surface area contributed by atoms with Crippen LogP contribution in [-0.2, 0) is 0 Å². The third kappa shape index (κ3) is 2.79. The average molecular weight is 597 g/mol. The van der Waals surface area contributed by atoms with E-state index in [1.54, 1.807) is 0 Å². The first-order chi connectivity index (χ1) is 23.3. The molecule has 0 aliphatic carbocycles. The van der Waals surface area contributed by atoms with Gasteiger partial charge in [-0.1, -0.05) is 97.1 Å². The van der Waals surface area contributed by atoms with Crippen molar-refractivity contribution in [2.75, 3.05) is 0 Å². The monoisotopic (exact) mass is 596 g/mol. The largest absolute Gasteiger partial charge is 0.308 e. The predicted octanol–water partition coefficient (Wildman–Crippen LogP) is 11.0. The zero-order chi connectivity index (χ0) is 30.4. The van der Waals surface area contributed by atoms with Crippen molar-refractivity contribution in [2.24, 2.45) is 0 Å². The Morgan fingerprint density at radius 3 is 2.04 bits per heavy atom. The van der Waals surface area contributed by atoms with Crippen molar-refractivity contribution in [1.29, 1.82) is 0 Å². The predicted molar refractivity (Wildman–Crippen MR) is 196 cm³/mol. The maximum absolute atomic E-state index is 5.16. The van der Waals surface area contributed by atoms with Gasteiger partial charge in [-0.15, -0.1) is 0 Å². The fourth-order valence-electron chi connectivity index (χ4n) is 8.67. The van der Waals surface area contributed by atoms with E-state index in [-0.39, 0.29) is 0 Å². The summed E-state index contributed by atoms with van der Waals surface area (Å²) in [5.74, 6) is 0.922. The Morgan fingerprint density at radius 1 is 0.404 bits per heavy atom. The topological polar surface area (TPSA) is 26.6 Å². The van der Waals surface area contributed by atoms with Gasteiger partial charge in [0.1, 0.15) is 0 Å². The smallest absolute Gasteiger partial charge is 0.220 e. The van der Waals surface area contributed by atoms with Gasteiger partial charge in [-0.05, 0) is 75.6 Å². The Morgan fingerprint density at radius 2 is 1.11 bits per heavy atom. The van der Waals surface area contributed by atoms with Gasteiger partial charge in [0.05, 0.1) is 38.6 Å². The number of imidazole rings is 2. The standard InChI is InChI=1S/C43H24N4/c1-2-10-26(11-3-1)45-41-27(13-8-19-38(41)47-36-17-7-5-15-34(36)44-43(45)47)25-20-21-28-30-14-9-18-37-39(30)40-31(33(28)24-25)22-23-32-29-12-4-6-16-35(29)46(37)42(32)40/h1-24H. The van der Waals surface area contributed by atoms with Crippen LogP contribution < -0.4 is 0 Å². The number of benzene rings is 8. The highest BCUT2D eigenvalue weighted by molar-refractivity contribution is 6.38. The van der Waals surface area contributed by atoms with Crippen LogP contribution in [0, 0.1) is 0 Å². The van der Waals surface area contributed by atoms with Gasteiger partial charge in [0.15, 0.2) is 0 Å². The van der Waals surface area contributed by atoms with Crippen LogP contribution in [0.1, 0.15) is 0 Å². The van der Waals surface area contributed by atoms with Crippen LogP contribution in [0.4, 0.5) is 0 Å². The van der Waals surface area contributed by atoms with Crippen molar-refractivity contribution in [3.05, 3.63) is 146 Å². The zero-order valence-electron chi connectivity index (χ0n) is 25.1. The third-order valence-electron chi connectivity index (χ3n) is 10.5. The molecule has 0 amide bonds. The fourth-order valence-corrected chi connectivity index (χ4v) is 8.67. The van der Waals surface area contributed by atoms with E-state index in [2.05, 4.69) is 159 Å². The Balaban J connectivity index is 1.23. The normalized spacial score (nSPS) is 12.7. The second-order valence-electron chi connectivity index (χ2n) is 12.8. The Bertz CT molecular complexity index is 3230. The van der Waals surface area contributed by atoms with Gasteiger partial charge in [0.25, 0.3) is 0 Å². The summed E-state index contributed by atoms with van der Waals surface area (Å²) in [7, 11) is 0. The van der Waals surface area contributed by atoms with Gasteiger partial charge in [0.2, 0.25) is 5.78 Å². The van der Waals surface area contributed by atoms with E-state index in [0.717, 1.165) is 33.5 Å². The molecule has 4 heteroatoms. The van der Waals surface area contributed by atoms with Gasteiger partial charge < -0.3 is 4.40 Å². The van der Waals surface area contributed by atoms with Crippen molar-refractivity contribution in [1.82, 2.24) is 18.4 Å². The third-order valence-corrected chi connectivity index (χ3v) is 10.5. The number of aromatic nitrogens is 4. The second kappa shape index (κ2) is 8.25. The molecule has 0 spiro atoms. The molecule has 4 heterocycles. The molecular weight excluding hydrogens is 573 g/mol. The summed E-state index contributed by atoms with van der Waals surface area (Å²) in [5, 5.41) is 10.6. The van der Waals surface area contributed by atoms with Crippen LogP contribution in [0.25, 0.3) is 104 Å². The minimum absolute atomic E-state index is 0.922. The molecule has 0 unspecified atom stereocenters. The van der Waals surface area contributed by atoms with Gasteiger partial charge in [-0.2, -0.15) is 0 Å². The molecule has 0 aliphatic rings. The number of para-hydroxylation sites is 5. The van der Waals surface area contributed by atoms with E-state index in [1.807, 2.05) is 0 Å². The van der Waals surface area contributed by atoms with E-state index in [4.69, 9.17) is 4.98 Å². The molecule has 0 fully saturated rings. The molecular formula is C43H24N4. The van der Waals surface area contributed by atoms with Crippen LogP contribution in [0.15, 0.2) is 146 Å². The van der Waals surface area contributed by atoms with Crippen LogP contribution >= 0.6 is 0 Å². The summed E-state index contributed by atoms with van der Waals surface area (Å²) in [6, 6.07) is 53.1. The molecule has 8 aromatic carbocycles. The first kappa shape index (κ1) is 23.9. The van der Waals surface area contributed by atoms with Gasteiger partial charge in [0, 0.05) is 32.8 Å². The van der Waals surface area contributed by atoms with Crippen molar-refractivity contribution >= 4 is 87.5 Å². The van der Waals surface area contributed by atoms with Crippen molar-refractivity contribution in [2.45, 2.75) is 0 Å². The highest BCUT2D eigenvalue weighted by atomic mass is 15.2. The van der Waals surface area contributed by atoms with Crippen molar-refractivity contribution in [3.8, 4) is 16.8 Å². The van der Waals surface area contributed by atoms with E-state index in [0.29, 0.717) is 0 Å². The summed E-state index contributed by atoms with van der Waals surface area (Å²) in [4.78, 5) is 5.16. The molecule has 216 valence electrons. The highest BCUT2D eigenvalue weighted by Crippen LogP contribution is 2.48. The fraction of sp³-hybridized carbons (Fsp3) is 0. The molecule has 12 aromatic rings. The molecule has 47 heavy (non-hydrogen) atoms. The first-order valence-corrected chi connectivity index (χ1v) is 16.2. The number of hydrogen-bond donors (Lipinski definition) is 0. The molecule has 0 bridgehead atoms. The summed E-state index contributed by atoms with van der Waals surface area (Å²) < 4.78 is 7.13. The molecule has 0 N–H and O–H groups in total. The van der Waals surface area contributed by atoms with Crippen LogP contribution in [-0.4, -0.2) is 18.4 Å². The Kier molecular flexibility index (Phi) is 4.20. The van der Waals surface area contributed by atoms with Gasteiger partial charge in [-0.3, -0.25) is 8.97 Å². The Hall–Kier alpha value is -6.39. The van der Waals surface area contributed by atoms with Gasteiger partial charge in [-0.25, -0.2) is 4.98 Å². The average Bonchev–Trinajstić information content (AvgIpc) is 3.87. The lowest BCUT2D eigenvalue weighted by Crippen LogP contribution is -1.96. The van der Waals surface area contributed by atoms with E-state index >= 15 is 0 Å². The van der Waals surface area contributed by atoms with Crippen molar-refractivity contribution in [3.63, 3.8) is 0 Å². The Labute approximate surface area is 267 Å². The quantitative estimate of drug-likeness (QED) is 0.182. The first-order valence-electron chi connectivity index (χ1n) is 16.2. The lowest BCUT2D eigenvalue weighted by atomic mass is 9.91. The highest BCUT2D eigenvalue weighted by Gasteiger charge is 2.24. The van der Waals surface area contributed by atoms with Crippen LogP contribution in [0.2, 0.25) is 0 Å². The molecule has 0 atom stereocenters. The number of rotatable bonds is 2. The number of hydrogen-bond acceptors (Lipinski definition) is 1. The van der Waals surface area contributed by atoms with Gasteiger partial charge >= 0.3 is 0 Å². The minimum Gasteiger partial charge on any atom is -0.308 e. The molecule has 12 rings (SSSR count). The lowest BCUT2D eigenvalue weighted by Gasteiger charge is -2.13. The number of fused-ring (bicyclic) bond motifs is 12. The molecule has 0 saturated heterocycles. The maximum Gasteiger partial charge on any atom is 0.220 e. The summed E-state index contributed by atoms with van der Waals surface area (Å²) in [6.07, 6.45) is 0. The maximum atomic E-state index is 5.16. The molecule has 4 nitrogen and oxygen atoms in total. The lowest BCUT2D eigenvalue weighted by molar-refractivity contribution is 1.11. The van der Waals surface area contributed by atoms with Crippen LogP contribution in [0.5, 0.6) is 0 Å². The summed E-state index contributed by atoms with van der Waals surface area (Å²) in [5.41, 5.74) is 11.8. The van der Waals surface area contributed by atoms with E-state index in [9.17, 15) is 0 Å².